The minimum absolute atomic E-state index is 0.207. The van der Waals surface area contributed by atoms with Gasteiger partial charge in [-0.15, -0.1) is 10.2 Å². The first kappa shape index (κ1) is 24.2. The van der Waals surface area contributed by atoms with Crippen LogP contribution in [0.1, 0.15) is 29.4 Å². The third-order valence-electron chi connectivity index (χ3n) is 5.44. The van der Waals surface area contributed by atoms with Crippen molar-refractivity contribution >= 4 is 29.6 Å². The molecule has 4 rings (SSSR count). The van der Waals surface area contributed by atoms with Gasteiger partial charge in [0.05, 0.1) is 18.0 Å². The number of aryl methyl sites for hydroxylation is 2. The van der Waals surface area contributed by atoms with Gasteiger partial charge in [-0.3, -0.25) is 9.36 Å². The molecular weight excluding hydrogens is 456 g/mol. The first-order chi connectivity index (χ1) is 17.0. The van der Waals surface area contributed by atoms with Crippen molar-refractivity contribution in [1.29, 1.82) is 0 Å². The van der Waals surface area contributed by atoms with Crippen molar-refractivity contribution in [3.8, 4) is 5.69 Å². The Labute approximate surface area is 209 Å². The molecule has 4 aromatic rings. The molecule has 1 heterocycles. The smallest absolute Gasteiger partial charge is 0.253 e. The Bertz CT molecular complexity index is 1300. The number of aromatic nitrogens is 3. The lowest BCUT2D eigenvalue weighted by Gasteiger charge is -2.13. The molecule has 0 spiro atoms. The number of nitrogens with one attached hydrogen (secondary N) is 2. The lowest BCUT2D eigenvalue weighted by atomic mass is 10.1. The van der Waals surface area contributed by atoms with E-state index in [1.165, 1.54) is 17.3 Å². The quantitative estimate of drug-likeness (QED) is 0.196. The number of para-hydroxylation sites is 1. The molecule has 0 saturated heterocycles. The van der Waals surface area contributed by atoms with E-state index in [0.717, 1.165) is 28.3 Å². The fraction of sp³-hybridized carbons (Fsp3) is 0.185. The number of hydrazone groups is 1. The second-order valence-electron chi connectivity index (χ2n) is 8.14. The van der Waals surface area contributed by atoms with Crippen LogP contribution in [0.4, 0.5) is 5.69 Å². The molecule has 8 heteroatoms. The molecule has 178 valence electrons. The Kier molecular flexibility index (Phi) is 7.95. The highest BCUT2D eigenvalue weighted by atomic mass is 32.2. The number of carbonyl (C=O) groups excluding carboxylic acids is 1. The topological polar surface area (TPSA) is 84.2 Å². The summed E-state index contributed by atoms with van der Waals surface area (Å²) in [6, 6.07) is 26.0. The SMILES string of the molecule is Cc1ccc(NCc2nnc(SC(C)C(=O)N/N=C/c3ccccc3C)n2-c2ccccc2)cc1. The maximum Gasteiger partial charge on any atom is 0.253 e. The van der Waals surface area contributed by atoms with E-state index in [4.69, 9.17) is 0 Å². The first-order valence-corrected chi connectivity index (χ1v) is 12.2. The van der Waals surface area contributed by atoms with Gasteiger partial charge in [-0.1, -0.05) is 71.9 Å². The van der Waals surface area contributed by atoms with Crippen LogP contribution in [0.3, 0.4) is 0 Å². The third kappa shape index (κ3) is 6.36. The summed E-state index contributed by atoms with van der Waals surface area (Å²) in [7, 11) is 0. The zero-order valence-corrected chi connectivity index (χ0v) is 20.8. The minimum Gasteiger partial charge on any atom is -0.378 e. The highest BCUT2D eigenvalue weighted by molar-refractivity contribution is 8.00. The summed E-state index contributed by atoms with van der Waals surface area (Å²) >= 11 is 1.34. The van der Waals surface area contributed by atoms with Crippen LogP contribution in [0, 0.1) is 13.8 Å². The molecule has 0 aliphatic rings. The van der Waals surface area contributed by atoms with Gasteiger partial charge in [-0.2, -0.15) is 5.10 Å². The van der Waals surface area contributed by atoms with Crippen molar-refractivity contribution in [1.82, 2.24) is 20.2 Å². The van der Waals surface area contributed by atoms with Gasteiger partial charge >= 0.3 is 0 Å². The summed E-state index contributed by atoms with van der Waals surface area (Å²) in [5, 5.41) is 16.6. The zero-order valence-electron chi connectivity index (χ0n) is 20.0. The highest BCUT2D eigenvalue weighted by Crippen LogP contribution is 2.26. The maximum absolute atomic E-state index is 12.7. The second kappa shape index (κ2) is 11.5. The number of amides is 1. The molecule has 1 amide bonds. The summed E-state index contributed by atoms with van der Waals surface area (Å²) in [4.78, 5) is 12.7. The average molecular weight is 485 g/mol. The van der Waals surface area contributed by atoms with Crippen LogP contribution in [0.15, 0.2) is 89.1 Å². The third-order valence-corrected chi connectivity index (χ3v) is 6.48. The fourth-order valence-corrected chi connectivity index (χ4v) is 4.26. The number of rotatable bonds is 9. The molecule has 0 fully saturated rings. The fourth-order valence-electron chi connectivity index (χ4n) is 3.38. The number of hydrogen-bond acceptors (Lipinski definition) is 6. The molecule has 0 aliphatic carbocycles. The average Bonchev–Trinajstić information content (AvgIpc) is 3.27. The molecule has 0 saturated carbocycles. The predicted octanol–water partition coefficient (Wildman–Crippen LogP) is 5.13. The van der Waals surface area contributed by atoms with Gasteiger partial charge in [0.1, 0.15) is 0 Å². The summed E-state index contributed by atoms with van der Waals surface area (Å²) in [5.41, 5.74) is 7.84. The molecule has 0 bridgehead atoms. The standard InChI is InChI=1S/C27H28N6OS/c1-19-13-15-23(16-14-19)28-18-25-30-32-27(33(25)24-11-5-4-6-12-24)35-21(3)26(34)31-29-17-22-10-8-7-9-20(22)2/h4-17,21,28H,18H2,1-3H3,(H,31,34)/b29-17+. The van der Waals surface area contributed by atoms with Crippen LogP contribution in [0.5, 0.6) is 0 Å². The molecule has 1 aromatic heterocycles. The van der Waals surface area contributed by atoms with Crippen LogP contribution in [-0.2, 0) is 11.3 Å². The number of nitrogens with zero attached hydrogens (tertiary/aromatic N) is 4. The van der Waals surface area contributed by atoms with Gasteiger partial charge in [-0.05, 0) is 56.2 Å². The summed E-state index contributed by atoms with van der Waals surface area (Å²) in [6.07, 6.45) is 1.66. The van der Waals surface area contributed by atoms with Gasteiger partial charge in [-0.25, -0.2) is 5.43 Å². The highest BCUT2D eigenvalue weighted by Gasteiger charge is 2.21. The van der Waals surface area contributed by atoms with E-state index in [0.29, 0.717) is 11.7 Å². The van der Waals surface area contributed by atoms with Gasteiger partial charge in [0, 0.05) is 11.4 Å². The molecular formula is C27H28N6OS. The monoisotopic (exact) mass is 484 g/mol. The molecule has 1 unspecified atom stereocenters. The Morgan fingerprint density at radius 1 is 1.00 bits per heavy atom. The molecule has 0 aliphatic heterocycles. The lowest BCUT2D eigenvalue weighted by molar-refractivity contribution is -0.120. The molecule has 2 N–H and O–H groups in total. The van der Waals surface area contributed by atoms with Crippen molar-refractivity contribution in [2.45, 2.75) is 37.7 Å². The zero-order chi connectivity index (χ0) is 24.6. The first-order valence-electron chi connectivity index (χ1n) is 11.4. The maximum atomic E-state index is 12.7. The minimum atomic E-state index is -0.423. The number of thioether (sulfide) groups is 1. The largest absolute Gasteiger partial charge is 0.378 e. The van der Waals surface area contributed by atoms with Crippen LogP contribution in [0.25, 0.3) is 5.69 Å². The van der Waals surface area contributed by atoms with Gasteiger partial charge in [0.15, 0.2) is 11.0 Å². The number of anilines is 1. The number of benzene rings is 3. The Balaban J connectivity index is 1.47. The summed E-state index contributed by atoms with van der Waals surface area (Å²) < 4.78 is 1.98. The predicted molar refractivity (Wildman–Crippen MR) is 142 cm³/mol. The number of hydrogen-bond donors (Lipinski definition) is 2. The molecule has 35 heavy (non-hydrogen) atoms. The van der Waals surface area contributed by atoms with Crippen LogP contribution < -0.4 is 10.7 Å². The van der Waals surface area contributed by atoms with Crippen molar-refractivity contribution < 1.29 is 4.79 Å². The second-order valence-corrected chi connectivity index (χ2v) is 9.45. The number of carbonyl (C=O) groups is 1. The van der Waals surface area contributed by atoms with E-state index in [2.05, 4.69) is 45.1 Å². The van der Waals surface area contributed by atoms with E-state index in [9.17, 15) is 4.79 Å². The van der Waals surface area contributed by atoms with Gasteiger partial charge in [0.2, 0.25) is 0 Å². The van der Waals surface area contributed by atoms with Crippen molar-refractivity contribution in [3.05, 3.63) is 101 Å². The van der Waals surface area contributed by atoms with Gasteiger partial charge in [0.25, 0.3) is 5.91 Å². The normalized spacial score (nSPS) is 12.0. The Morgan fingerprint density at radius 2 is 1.71 bits per heavy atom. The van der Waals surface area contributed by atoms with Crippen molar-refractivity contribution in [3.63, 3.8) is 0 Å². The van der Waals surface area contributed by atoms with Crippen LogP contribution in [0.2, 0.25) is 0 Å². The Morgan fingerprint density at radius 3 is 2.46 bits per heavy atom. The molecule has 0 radical (unpaired) electrons. The van der Waals surface area contributed by atoms with Crippen molar-refractivity contribution in [2.24, 2.45) is 5.10 Å². The van der Waals surface area contributed by atoms with E-state index < -0.39 is 5.25 Å². The van der Waals surface area contributed by atoms with E-state index in [-0.39, 0.29) is 5.91 Å². The molecule has 1 atom stereocenters. The van der Waals surface area contributed by atoms with Crippen LogP contribution in [-0.4, -0.2) is 32.1 Å². The molecule has 7 nitrogen and oxygen atoms in total. The molecule has 3 aromatic carbocycles. The lowest BCUT2D eigenvalue weighted by Crippen LogP contribution is -2.27. The van der Waals surface area contributed by atoms with Crippen molar-refractivity contribution in [2.75, 3.05) is 5.32 Å². The summed E-state index contributed by atoms with van der Waals surface area (Å²) in [5.74, 6) is 0.547. The van der Waals surface area contributed by atoms with Gasteiger partial charge < -0.3 is 5.32 Å². The van der Waals surface area contributed by atoms with Crippen LogP contribution >= 0.6 is 11.8 Å². The van der Waals surface area contributed by atoms with E-state index in [1.807, 2.05) is 85.1 Å². The van der Waals surface area contributed by atoms with E-state index in [1.54, 1.807) is 6.21 Å². The van der Waals surface area contributed by atoms with E-state index >= 15 is 0 Å². The summed E-state index contributed by atoms with van der Waals surface area (Å²) in [6.45, 7) is 6.39. The Hall–Kier alpha value is -3.91.